The summed E-state index contributed by atoms with van der Waals surface area (Å²) in [5.41, 5.74) is 4.51. The Bertz CT molecular complexity index is 946. The van der Waals surface area contributed by atoms with Crippen molar-refractivity contribution in [1.82, 2.24) is 24.8 Å². The Kier molecular flexibility index (Phi) is 6.76. The van der Waals surface area contributed by atoms with Gasteiger partial charge in [0.1, 0.15) is 6.17 Å². The van der Waals surface area contributed by atoms with Crippen LogP contribution in [-0.2, 0) is 5.41 Å². The molecule has 1 aromatic rings. The molecular formula is C25H39F3N6O2. The van der Waals surface area contributed by atoms with Gasteiger partial charge in [0.25, 0.3) is 0 Å². The lowest BCUT2D eigenvalue weighted by Crippen LogP contribution is -2.72. The lowest BCUT2D eigenvalue weighted by Gasteiger charge is -2.58. The predicted molar refractivity (Wildman–Crippen MR) is 127 cm³/mol. The van der Waals surface area contributed by atoms with Gasteiger partial charge in [-0.2, -0.15) is 13.8 Å². The molecule has 36 heavy (non-hydrogen) atoms. The van der Waals surface area contributed by atoms with Crippen LogP contribution in [0.25, 0.3) is 0 Å². The second kappa shape index (κ2) is 9.45. The van der Waals surface area contributed by atoms with Crippen LogP contribution in [0.15, 0.2) is 4.52 Å². The Balaban J connectivity index is 1.53. The quantitative estimate of drug-likeness (QED) is 0.598. The van der Waals surface area contributed by atoms with E-state index in [2.05, 4.69) is 28.9 Å². The predicted octanol–water partition coefficient (Wildman–Crippen LogP) is 4.08. The van der Waals surface area contributed by atoms with Gasteiger partial charge in [0.05, 0.1) is 18.0 Å². The molecule has 2 saturated carbocycles. The van der Waals surface area contributed by atoms with Crippen LogP contribution in [0.5, 0.6) is 0 Å². The standard InChI is InChI=1S/C25H39F3N6O2/c1-15(2)32-9-11-33(12-10-32)19-14-24(3,22-30-21(36-31-22)17-13-18(17)26)20(16-7-5-4-6-8-16)25(27,28)34(19)23(29)35/h15-20H,4-14H2,1-3H3,(H2,29,35)/t17-,18+,19+,20?,24?/m0/s1. The number of carbonyl (C=O) groups excluding carboxylic acids is 1. The number of likely N-dealkylation sites (tertiary alicyclic amines) is 1. The number of rotatable bonds is 5. The zero-order valence-electron chi connectivity index (χ0n) is 21.5. The van der Waals surface area contributed by atoms with E-state index in [0.29, 0.717) is 43.3 Å². The van der Waals surface area contributed by atoms with Gasteiger partial charge in [-0.05, 0) is 45.4 Å². The third-order valence-electron chi connectivity index (χ3n) is 9.13. The molecule has 0 bridgehead atoms. The summed E-state index contributed by atoms with van der Waals surface area (Å²) in [5.74, 6) is -1.59. The third-order valence-corrected chi connectivity index (χ3v) is 9.13. The van der Waals surface area contributed by atoms with Crippen LogP contribution in [0.2, 0.25) is 0 Å². The van der Waals surface area contributed by atoms with Crippen molar-refractivity contribution in [3.8, 4) is 0 Å². The van der Waals surface area contributed by atoms with Crippen LogP contribution in [0, 0.1) is 11.8 Å². The molecule has 5 atom stereocenters. The third kappa shape index (κ3) is 4.40. The maximum absolute atomic E-state index is 16.6. The molecule has 3 heterocycles. The van der Waals surface area contributed by atoms with E-state index < -0.39 is 41.7 Å². The first-order valence-electron chi connectivity index (χ1n) is 13.5. The molecule has 2 N–H and O–H groups in total. The van der Waals surface area contributed by atoms with Gasteiger partial charge in [-0.1, -0.05) is 31.3 Å². The summed E-state index contributed by atoms with van der Waals surface area (Å²) in [6.07, 6.45) is 2.67. The largest absolute Gasteiger partial charge is 0.351 e. The smallest absolute Gasteiger partial charge is 0.334 e. The molecule has 4 aliphatic rings. The molecular weight excluding hydrogens is 473 g/mol. The molecule has 1 aromatic heterocycles. The van der Waals surface area contributed by atoms with E-state index in [1.165, 1.54) is 0 Å². The molecule has 5 rings (SSSR count). The fraction of sp³-hybridized carbons (Fsp3) is 0.880. The average Bonchev–Trinajstić information content (AvgIpc) is 3.34. The molecule has 0 aromatic carbocycles. The van der Waals surface area contributed by atoms with Gasteiger partial charge >= 0.3 is 12.1 Å². The van der Waals surface area contributed by atoms with Gasteiger partial charge in [0.2, 0.25) is 5.89 Å². The SMILES string of the molecule is CC(C)N1CCN([C@H]2CC(C)(c3noc([C@H]4C[C@H]4F)n3)C(C3CCCCC3)C(F)(F)N2C(N)=O)CC1. The number of hydrogen-bond acceptors (Lipinski definition) is 6. The molecule has 2 saturated heterocycles. The molecule has 11 heteroatoms. The summed E-state index contributed by atoms with van der Waals surface area (Å²) >= 11 is 0. The number of hydrogen-bond donors (Lipinski definition) is 1. The maximum atomic E-state index is 16.6. The van der Waals surface area contributed by atoms with Gasteiger partial charge in [0, 0.05) is 37.6 Å². The van der Waals surface area contributed by atoms with Crippen LogP contribution < -0.4 is 5.73 Å². The number of piperidine rings is 1. The highest BCUT2D eigenvalue weighted by atomic mass is 19.3. The van der Waals surface area contributed by atoms with Crippen molar-refractivity contribution >= 4 is 6.03 Å². The first-order valence-corrected chi connectivity index (χ1v) is 13.5. The minimum Gasteiger partial charge on any atom is -0.351 e. The first-order chi connectivity index (χ1) is 17.0. The summed E-state index contributed by atoms with van der Waals surface area (Å²) in [6.45, 7) is 8.56. The van der Waals surface area contributed by atoms with Gasteiger partial charge in [-0.15, -0.1) is 0 Å². The lowest BCUT2D eigenvalue weighted by atomic mass is 9.60. The van der Waals surface area contributed by atoms with Crippen molar-refractivity contribution in [2.75, 3.05) is 26.2 Å². The molecule has 8 nitrogen and oxygen atoms in total. The number of halogens is 3. The van der Waals surface area contributed by atoms with Crippen molar-refractivity contribution in [1.29, 1.82) is 0 Å². The summed E-state index contributed by atoms with van der Waals surface area (Å²) in [4.78, 5) is 22.0. The second-order valence-corrected chi connectivity index (χ2v) is 11.8. The first kappa shape index (κ1) is 25.8. The van der Waals surface area contributed by atoms with Crippen molar-refractivity contribution in [2.24, 2.45) is 17.6 Å². The zero-order chi connectivity index (χ0) is 25.8. The Morgan fingerprint density at radius 1 is 1.14 bits per heavy atom. The van der Waals surface area contributed by atoms with E-state index in [-0.39, 0.29) is 24.1 Å². The molecule has 2 aliphatic carbocycles. The van der Waals surface area contributed by atoms with Crippen LogP contribution in [-0.4, -0.2) is 81.5 Å². The number of aromatic nitrogens is 2. The van der Waals surface area contributed by atoms with Crippen molar-refractivity contribution in [3.63, 3.8) is 0 Å². The molecule has 202 valence electrons. The van der Waals surface area contributed by atoms with E-state index >= 15 is 8.78 Å². The van der Waals surface area contributed by atoms with Crippen molar-refractivity contribution in [2.45, 2.75) is 101 Å². The van der Waals surface area contributed by atoms with Crippen LogP contribution in [0.3, 0.4) is 0 Å². The molecule has 2 aliphatic heterocycles. The number of urea groups is 1. The monoisotopic (exact) mass is 512 g/mol. The molecule has 2 unspecified atom stereocenters. The Hall–Kier alpha value is -1.88. The Labute approximate surface area is 210 Å². The van der Waals surface area contributed by atoms with Gasteiger partial charge < -0.3 is 10.3 Å². The second-order valence-electron chi connectivity index (χ2n) is 11.8. The Morgan fingerprint density at radius 3 is 2.33 bits per heavy atom. The molecule has 0 radical (unpaired) electrons. The Morgan fingerprint density at radius 2 is 1.78 bits per heavy atom. The van der Waals surface area contributed by atoms with E-state index in [1.54, 1.807) is 6.92 Å². The molecule has 4 fully saturated rings. The minimum atomic E-state index is -3.50. The van der Waals surface area contributed by atoms with E-state index in [1.807, 2.05) is 4.90 Å². The minimum absolute atomic E-state index is 0.184. The number of nitrogens with zero attached hydrogens (tertiary/aromatic N) is 5. The zero-order valence-corrected chi connectivity index (χ0v) is 21.5. The highest BCUT2D eigenvalue weighted by molar-refractivity contribution is 5.73. The van der Waals surface area contributed by atoms with Crippen molar-refractivity contribution < 1.29 is 22.5 Å². The van der Waals surface area contributed by atoms with Crippen LogP contribution in [0.4, 0.5) is 18.0 Å². The number of amides is 2. The fourth-order valence-corrected chi connectivity index (χ4v) is 7.01. The van der Waals surface area contributed by atoms with E-state index in [4.69, 9.17) is 10.3 Å². The maximum Gasteiger partial charge on any atom is 0.334 e. The van der Waals surface area contributed by atoms with E-state index in [0.717, 1.165) is 32.4 Å². The summed E-state index contributed by atoms with van der Waals surface area (Å²) in [6, 6.07) is -4.25. The number of carbonyl (C=O) groups is 1. The van der Waals surface area contributed by atoms with Gasteiger partial charge in [-0.3, -0.25) is 9.80 Å². The van der Waals surface area contributed by atoms with Crippen molar-refractivity contribution in [3.05, 3.63) is 11.7 Å². The summed E-state index contributed by atoms with van der Waals surface area (Å²) < 4.78 is 52.4. The number of piperazine rings is 1. The number of alkyl halides is 3. The van der Waals surface area contributed by atoms with E-state index in [9.17, 15) is 9.18 Å². The van der Waals surface area contributed by atoms with Crippen LogP contribution >= 0.6 is 0 Å². The number of nitrogens with two attached hydrogens (primary N) is 1. The highest BCUT2D eigenvalue weighted by Gasteiger charge is 2.66. The molecule has 2 amide bonds. The summed E-state index contributed by atoms with van der Waals surface area (Å²) in [5, 5.41) is 4.16. The average molecular weight is 513 g/mol. The van der Waals surface area contributed by atoms with Crippen LogP contribution in [0.1, 0.15) is 83.3 Å². The highest BCUT2D eigenvalue weighted by Crippen LogP contribution is 2.57. The summed E-state index contributed by atoms with van der Waals surface area (Å²) in [7, 11) is 0. The molecule has 0 spiro atoms. The van der Waals surface area contributed by atoms with Gasteiger partial charge in [-0.25, -0.2) is 14.1 Å². The van der Waals surface area contributed by atoms with Gasteiger partial charge in [0.15, 0.2) is 5.82 Å². The normalized spacial score (nSPS) is 36.4. The number of primary amides is 1. The lowest BCUT2D eigenvalue weighted by molar-refractivity contribution is -0.259. The topological polar surface area (TPSA) is 91.7 Å². The fourth-order valence-electron chi connectivity index (χ4n) is 7.01.